The Bertz CT molecular complexity index is 1580. The van der Waals surface area contributed by atoms with Crippen LogP contribution in [0.4, 0.5) is 10.5 Å². The van der Waals surface area contributed by atoms with Crippen LogP contribution in [0.2, 0.25) is 5.02 Å². The molecule has 0 spiro atoms. The summed E-state index contributed by atoms with van der Waals surface area (Å²) in [4.78, 5) is 56.5. The number of epoxide rings is 1. The van der Waals surface area contributed by atoms with E-state index >= 15 is 0 Å². The third kappa shape index (κ3) is 9.83. The number of thiol groups is 1. The lowest BCUT2D eigenvalue weighted by molar-refractivity contribution is -0.162. The van der Waals surface area contributed by atoms with Crippen molar-refractivity contribution in [3.05, 3.63) is 46.5 Å². The van der Waals surface area contributed by atoms with Gasteiger partial charge in [0.2, 0.25) is 11.8 Å². The van der Waals surface area contributed by atoms with E-state index in [1.165, 1.54) is 16.9 Å². The summed E-state index contributed by atoms with van der Waals surface area (Å²) in [7, 11) is 6.25. The van der Waals surface area contributed by atoms with Crippen LogP contribution in [0.25, 0.3) is 0 Å². The lowest BCUT2D eigenvalue weighted by atomic mass is 9.84. The SMILES string of the molecule is COc1cc2cc(c1Cl)N(C)C(=O)CC(OC(=O)C(C)N(C)C(=O)CCC(C)(C)S)C1(C)OC1C(C)C1CC(NC(=O)O1)C(OC)C=CC=C(C)C2. The van der Waals surface area contributed by atoms with Gasteiger partial charge in [-0.05, 0) is 51.3 Å². The number of methoxy groups -OCH3 is 2. The number of ether oxygens (including phenoxy) is 5. The highest BCUT2D eigenvalue weighted by molar-refractivity contribution is 7.81. The first-order chi connectivity index (χ1) is 24.3. The summed E-state index contributed by atoms with van der Waals surface area (Å²) in [5.41, 5.74) is 1.18. The molecule has 2 saturated heterocycles. The molecule has 4 rings (SSSR count). The maximum absolute atomic E-state index is 14.1. The molecule has 0 radical (unpaired) electrons. The summed E-state index contributed by atoms with van der Waals surface area (Å²) < 4.78 is 29.2. The minimum atomic E-state index is -1.12. The Hall–Kier alpha value is -3.26. The number of esters is 1. The van der Waals surface area contributed by atoms with Crippen LogP contribution in [0.3, 0.4) is 0 Å². The number of nitrogens with zero attached hydrogens (tertiary/aromatic N) is 2. The number of nitrogens with one attached hydrogen (secondary N) is 1. The molecular weight excluding hydrogens is 710 g/mol. The van der Waals surface area contributed by atoms with E-state index in [4.69, 9.17) is 35.3 Å². The minimum absolute atomic E-state index is 0.200. The van der Waals surface area contributed by atoms with E-state index in [1.54, 1.807) is 35.1 Å². The smallest absolute Gasteiger partial charge is 0.407 e. The molecule has 4 bridgehead atoms. The second kappa shape index (κ2) is 16.8. The van der Waals surface area contributed by atoms with Gasteiger partial charge in [0.1, 0.15) is 34.6 Å². The van der Waals surface area contributed by atoms with Gasteiger partial charge in [-0.15, -0.1) is 0 Å². The van der Waals surface area contributed by atoms with E-state index in [9.17, 15) is 19.2 Å². The summed E-state index contributed by atoms with van der Waals surface area (Å²) in [5, 5.41) is 3.14. The molecule has 14 heteroatoms. The van der Waals surface area contributed by atoms with Crippen molar-refractivity contribution in [2.75, 3.05) is 33.2 Å². The van der Waals surface area contributed by atoms with Gasteiger partial charge in [0.15, 0.2) is 0 Å². The van der Waals surface area contributed by atoms with Crippen LogP contribution in [0.5, 0.6) is 5.75 Å². The second-order valence-corrected chi connectivity index (χ2v) is 16.6. The fourth-order valence-electron chi connectivity index (χ4n) is 6.75. The second-order valence-electron chi connectivity index (χ2n) is 15.0. The summed E-state index contributed by atoms with van der Waals surface area (Å²) in [6.07, 6.45) is 4.00. The Morgan fingerprint density at radius 1 is 1.25 bits per heavy atom. The molecule has 8 atom stereocenters. The topological polar surface area (TPSA) is 136 Å². The largest absolute Gasteiger partial charge is 0.495 e. The highest BCUT2D eigenvalue weighted by Gasteiger charge is 2.64. The van der Waals surface area contributed by atoms with Gasteiger partial charge in [-0.3, -0.25) is 9.59 Å². The molecular formula is C38H54ClN3O9S. The average Bonchev–Trinajstić information content (AvgIpc) is 3.79. The molecule has 8 unspecified atom stereocenters. The van der Waals surface area contributed by atoms with Gasteiger partial charge in [-0.25, -0.2) is 9.59 Å². The number of fused-ring (bicyclic) bond motifs is 5. The molecule has 3 heterocycles. The van der Waals surface area contributed by atoms with Crippen molar-refractivity contribution in [2.45, 2.75) is 120 Å². The summed E-state index contributed by atoms with van der Waals surface area (Å²) in [6, 6.07) is 2.33. The molecule has 1 N–H and O–H groups in total. The monoisotopic (exact) mass is 763 g/mol. The molecule has 12 nitrogen and oxygen atoms in total. The third-order valence-electron chi connectivity index (χ3n) is 10.4. The first-order valence-electron chi connectivity index (χ1n) is 17.6. The first-order valence-corrected chi connectivity index (χ1v) is 18.4. The molecule has 0 aliphatic carbocycles. The van der Waals surface area contributed by atoms with Crippen LogP contribution >= 0.6 is 24.2 Å². The van der Waals surface area contributed by atoms with Crippen molar-refractivity contribution in [2.24, 2.45) is 5.92 Å². The molecule has 1 aromatic rings. The number of amides is 3. The van der Waals surface area contributed by atoms with Gasteiger partial charge in [0.25, 0.3) is 0 Å². The van der Waals surface area contributed by atoms with Crippen molar-refractivity contribution >= 4 is 53.8 Å². The number of benzene rings is 1. The van der Waals surface area contributed by atoms with Gasteiger partial charge in [0.05, 0.1) is 37.5 Å². The molecule has 288 valence electrons. The number of allylic oxidation sites excluding steroid dienone is 3. The average molecular weight is 764 g/mol. The third-order valence-corrected chi connectivity index (χ3v) is 11.0. The highest BCUT2D eigenvalue weighted by atomic mass is 35.5. The quantitative estimate of drug-likeness (QED) is 0.195. The zero-order valence-corrected chi connectivity index (χ0v) is 33.5. The number of carbonyl (C=O) groups is 4. The van der Waals surface area contributed by atoms with Gasteiger partial charge in [-0.2, -0.15) is 12.6 Å². The van der Waals surface area contributed by atoms with E-state index in [0.29, 0.717) is 30.7 Å². The van der Waals surface area contributed by atoms with Crippen LogP contribution in [-0.4, -0.2) is 104 Å². The molecule has 52 heavy (non-hydrogen) atoms. The number of hydrogen-bond acceptors (Lipinski definition) is 10. The standard InChI is InChI=1S/C38H54ClN3O9S/c1-21-12-11-13-27(47-9)25-19-28(49-36(46)40-25)22(2)34-38(6,51-34)30(50-35(45)23(3)41(7)31(43)14-15-37(4,5)52)20-32(44)42(8)26-17-24(16-21)18-29(48-10)33(26)39/h11-13,17-18,22-23,25,27-28,30,34,52H,14-16,19-20H2,1-10H3,(H,40,46). The fourth-order valence-corrected chi connectivity index (χ4v) is 7.18. The predicted molar refractivity (Wildman–Crippen MR) is 202 cm³/mol. The minimum Gasteiger partial charge on any atom is -0.495 e. The lowest BCUT2D eigenvalue weighted by Crippen LogP contribution is -2.53. The Kier molecular flexibility index (Phi) is 13.4. The number of carbonyl (C=O) groups excluding carboxylic acids is 4. The van der Waals surface area contributed by atoms with Crippen molar-refractivity contribution in [3.63, 3.8) is 0 Å². The molecule has 0 aromatic heterocycles. The lowest BCUT2D eigenvalue weighted by Gasteiger charge is -2.36. The van der Waals surface area contributed by atoms with Crippen molar-refractivity contribution in [1.29, 1.82) is 0 Å². The van der Waals surface area contributed by atoms with E-state index in [1.807, 2.05) is 58.1 Å². The van der Waals surface area contributed by atoms with Crippen molar-refractivity contribution in [3.8, 4) is 5.75 Å². The number of hydrogen-bond donors (Lipinski definition) is 2. The number of alkyl carbamates (subject to hydrolysis) is 1. The zero-order chi connectivity index (χ0) is 38.7. The first kappa shape index (κ1) is 41.5. The molecule has 1 aromatic carbocycles. The summed E-state index contributed by atoms with van der Waals surface area (Å²) in [5.74, 6) is -1.25. The van der Waals surface area contributed by atoms with E-state index < -0.39 is 48.1 Å². The molecule has 3 aliphatic rings. The Balaban J connectivity index is 1.72. The number of likely N-dealkylation sites (N-methyl/N-ethyl adjacent to an activating group) is 1. The highest BCUT2D eigenvalue weighted by Crippen LogP contribution is 2.49. The summed E-state index contributed by atoms with van der Waals surface area (Å²) in [6.45, 7) is 11.1. The molecule has 3 amide bonds. The zero-order valence-electron chi connectivity index (χ0n) is 31.9. The van der Waals surface area contributed by atoms with Crippen LogP contribution < -0.4 is 15.0 Å². The van der Waals surface area contributed by atoms with Crippen LogP contribution in [0, 0.1) is 5.92 Å². The number of anilines is 1. The van der Waals surface area contributed by atoms with Crippen molar-refractivity contribution in [1.82, 2.24) is 10.2 Å². The van der Waals surface area contributed by atoms with Crippen LogP contribution in [0.15, 0.2) is 35.9 Å². The number of rotatable bonds is 8. The van der Waals surface area contributed by atoms with Gasteiger partial charge >= 0.3 is 12.1 Å². The normalized spacial score (nSPS) is 28.8. The molecule has 3 aliphatic heterocycles. The Morgan fingerprint density at radius 2 is 1.94 bits per heavy atom. The van der Waals surface area contributed by atoms with Crippen LogP contribution in [0.1, 0.15) is 72.8 Å². The summed E-state index contributed by atoms with van der Waals surface area (Å²) >= 11 is 11.3. The maximum atomic E-state index is 14.1. The maximum Gasteiger partial charge on any atom is 0.407 e. The van der Waals surface area contributed by atoms with Crippen LogP contribution in [-0.2, 0) is 39.8 Å². The van der Waals surface area contributed by atoms with E-state index in [0.717, 1.165) is 11.1 Å². The van der Waals surface area contributed by atoms with E-state index in [-0.39, 0.29) is 46.4 Å². The number of halogens is 1. The van der Waals surface area contributed by atoms with Gasteiger partial charge < -0.3 is 38.8 Å². The predicted octanol–water partition coefficient (Wildman–Crippen LogP) is 5.68. The Morgan fingerprint density at radius 3 is 2.58 bits per heavy atom. The molecule has 0 saturated carbocycles. The van der Waals surface area contributed by atoms with Crippen molar-refractivity contribution < 1.29 is 42.9 Å². The fraction of sp³-hybridized carbons (Fsp3) is 0.632. The van der Waals surface area contributed by atoms with E-state index in [2.05, 4.69) is 17.9 Å². The Labute approximate surface area is 317 Å². The van der Waals surface area contributed by atoms with Gasteiger partial charge in [0, 0.05) is 44.7 Å². The molecule has 2 fully saturated rings. The van der Waals surface area contributed by atoms with Gasteiger partial charge in [-0.1, -0.05) is 56.2 Å².